The van der Waals surface area contributed by atoms with Gasteiger partial charge in [-0.05, 0) is 19.8 Å². The molecule has 26 heavy (non-hydrogen) atoms. The Labute approximate surface area is 155 Å². The molecule has 0 atom stereocenters. The van der Waals surface area contributed by atoms with Gasteiger partial charge in [-0.2, -0.15) is 0 Å². The molecule has 1 aliphatic heterocycles. The average Bonchev–Trinajstić information content (AvgIpc) is 2.78. The van der Waals surface area contributed by atoms with E-state index in [2.05, 4.69) is 9.97 Å². The molecule has 1 spiro atoms. The number of hydrogen-bond acceptors (Lipinski definition) is 4. The highest BCUT2D eigenvalue weighted by molar-refractivity contribution is 5.95. The molecule has 2 heterocycles. The van der Waals surface area contributed by atoms with Gasteiger partial charge in [-0.15, -0.1) is 0 Å². The molecular weight excluding hydrogens is 330 g/mol. The van der Waals surface area contributed by atoms with Gasteiger partial charge in [0.15, 0.2) is 0 Å². The van der Waals surface area contributed by atoms with Crippen molar-refractivity contribution in [3.63, 3.8) is 0 Å². The largest absolute Gasteiger partial charge is 0.371 e. The van der Waals surface area contributed by atoms with E-state index in [4.69, 9.17) is 4.74 Å². The lowest BCUT2D eigenvalue weighted by molar-refractivity contribution is -0.107. The van der Waals surface area contributed by atoms with E-state index in [1.54, 1.807) is 11.8 Å². The Morgan fingerprint density at radius 3 is 2.42 bits per heavy atom. The number of amides is 1. The van der Waals surface area contributed by atoms with Gasteiger partial charge < -0.3 is 14.6 Å². The number of ether oxygens (including phenoxy) is 1. The van der Waals surface area contributed by atoms with E-state index in [1.165, 1.54) is 12.8 Å². The number of carbonyl (C=O) groups excluding carboxylic acids is 1. The lowest BCUT2D eigenvalue weighted by atomic mass is 9.92. The Hall–Kier alpha value is -1.69. The molecule has 1 aliphatic carbocycles. The SMILES string of the molecule is Cc1nc(C(C)(C)C)[nH]c(=O)c1C(=O)N1CCOC2(CCCCCC2)C1. The number of morpholine rings is 1. The first kappa shape index (κ1) is 19.1. The third-order valence-corrected chi connectivity index (χ3v) is 5.58. The summed E-state index contributed by atoms with van der Waals surface area (Å²) in [5.41, 5.74) is -0.166. The third-order valence-electron chi connectivity index (χ3n) is 5.58. The van der Waals surface area contributed by atoms with Crippen molar-refractivity contribution < 1.29 is 9.53 Å². The van der Waals surface area contributed by atoms with Crippen molar-refractivity contribution in [3.8, 4) is 0 Å². The molecular formula is C20H31N3O3. The summed E-state index contributed by atoms with van der Waals surface area (Å²) < 4.78 is 6.13. The Morgan fingerprint density at radius 1 is 1.19 bits per heavy atom. The van der Waals surface area contributed by atoms with E-state index in [-0.39, 0.29) is 28.0 Å². The highest BCUT2D eigenvalue weighted by Crippen LogP contribution is 2.33. The smallest absolute Gasteiger partial charge is 0.264 e. The zero-order chi connectivity index (χ0) is 18.9. The van der Waals surface area contributed by atoms with Crippen LogP contribution in [0.4, 0.5) is 0 Å². The molecule has 0 bridgehead atoms. The normalized spacial score (nSPS) is 20.8. The molecule has 1 aromatic rings. The average molecular weight is 361 g/mol. The molecule has 0 radical (unpaired) electrons. The van der Waals surface area contributed by atoms with Gasteiger partial charge in [0.1, 0.15) is 11.4 Å². The van der Waals surface area contributed by atoms with Crippen molar-refractivity contribution in [2.75, 3.05) is 19.7 Å². The fourth-order valence-electron chi connectivity index (χ4n) is 4.04. The van der Waals surface area contributed by atoms with Crippen LogP contribution < -0.4 is 5.56 Å². The quantitative estimate of drug-likeness (QED) is 0.834. The van der Waals surface area contributed by atoms with Crippen LogP contribution in [0.15, 0.2) is 4.79 Å². The predicted octanol–water partition coefficient (Wildman–Crippen LogP) is 2.94. The minimum Gasteiger partial charge on any atom is -0.371 e. The van der Waals surface area contributed by atoms with E-state index < -0.39 is 0 Å². The van der Waals surface area contributed by atoms with Gasteiger partial charge in [-0.1, -0.05) is 46.5 Å². The number of aryl methyl sites for hydroxylation is 1. The molecule has 2 aliphatic rings. The third kappa shape index (κ3) is 3.85. The molecule has 0 unspecified atom stereocenters. The summed E-state index contributed by atoms with van der Waals surface area (Å²) in [7, 11) is 0. The van der Waals surface area contributed by atoms with Crippen molar-refractivity contribution in [2.24, 2.45) is 0 Å². The Morgan fingerprint density at radius 2 is 1.85 bits per heavy atom. The zero-order valence-corrected chi connectivity index (χ0v) is 16.5. The van der Waals surface area contributed by atoms with Gasteiger partial charge in [0.25, 0.3) is 11.5 Å². The molecule has 1 aromatic heterocycles. The molecule has 2 fully saturated rings. The number of nitrogens with one attached hydrogen (secondary N) is 1. The second-order valence-corrected chi connectivity index (χ2v) is 8.80. The van der Waals surface area contributed by atoms with Crippen LogP contribution in [0.2, 0.25) is 0 Å². The van der Waals surface area contributed by atoms with Gasteiger partial charge in [0.2, 0.25) is 0 Å². The second kappa shape index (κ2) is 7.14. The van der Waals surface area contributed by atoms with Crippen molar-refractivity contribution in [2.45, 2.75) is 77.2 Å². The number of hydrogen-bond donors (Lipinski definition) is 1. The molecule has 1 N–H and O–H groups in total. The van der Waals surface area contributed by atoms with E-state index in [9.17, 15) is 9.59 Å². The van der Waals surface area contributed by atoms with Crippen molar-refractivity contribution in [1.29, 1.82) is 0 Å². The van der Waals surface area contributed by atoms with Crippen LogP contribution in [0.25, 0.3) is 0 Å². The number of H-pyrrole nitrogens is 1. The molecule has 6 nitrogen and oxygen atoms in total. The summed E-state index contributed by atoms with van der Waals surface area (Å²) in [5, 5.41) is 0. The van der Waals surface area contributed by atoms with E-state index in [0.717, 1.165) is 25.7 Å². The van der Waals surface area contributed by atoms with E-state index >= 15 is 0 Å². The van der Waals surface area contributed by atoms with Crippen LogP contribution >= 0.6 is 0 Å². The first-order valence-corrected chi connectivity index (χ1v) is 9.76. The highest BCUT2D eigenvalue weighted by atomic mass is 16.5. The molecule has 144 valence electrons. The van der Waals surface area contributed by atoms with Gasteiger partial charge >= 0.3 is 0 Å². The number of rotatable bonds is 1. The number of aromatic amines is 1. The Bertz CT molecular complexity index is 725. The summed E-state index contributed by atoms with van der Waals surface area (Å²) in [6.45, 7) is 9.36. The topological polar surface area (TPSA) is 75.3 Å². The van der Waals surface area contributed by atoms with Gasteiger partial charge in [-0.3, -0.25) is 9.59 Å². The molecule has 6 heteroatoms. The fourth-order valence-corrected chi connectivity index (χ4v) is 4.04. The Kier molecular flexibility index (Phi) is 5.24. The number of aromatic nitrogens is 2. The Balaban J connectivity index is 1.86. The lowest BCUT2D eigenvalue weighted by Crippen LogP contribution is -2.54. The molecule has 1 amide bonds. The van der Waals surface area contributed by atoms with Crippen LogP contribution in [0.3, 0.4) is 0 Å². The van der Waals surface area contributed by atoms with Crippen molar-refractivity contribution >= 4 is 5.91 Å². The maximum atomic E-state index is 13.1. The van der Waals surface area contributed by atoms with Crippen LogP contribution in [-0.2, 0) is 10.2 Å². The molecule has 1 saturated carbocycles. The van der Waals surface area contributed by atoms with Crippen molar-refractivity contribution in [3.05, 3.63) is 27.4 Å². The zero-order valence-electron chi connectivity index (χ0n) is 16.5. The van der Waals surface area contributed by atoms with Crippen LogP contribution in [0, 0.1) is 6.92 Å². The maximum absolute atomic E-state index is 13.1. The second-order valence-electron chi connectivity index (χ2n) is 8.80. The van der Waals surface area contributed by atoms with E-state index in [0.29, 0.717) is 31.2 Å². The van der Waals surface area contributed by atoms with Crippen LogP contribution in [-0.4, -0.2) is 46.1 Å². The maximum Gasteiger partial charge on any atom is 0.264 e. The fraction of sp³-hybridized carbons (Fsp3) is 0.750. The van der Waals surface area contributed by atoms with Crippen molar-refractivity contribution in [1.82, 2.24) is 14.9 Å². The van der Waals surface area contributed by atoms with Gasteiger partial charge in [0, 0.05) is 12.0 Å². The monoisotopic (exact) mass is 361 g/mol. The molecule has 1 saturated heterocycles. The summed E-state index contributed by atoms with van der Waals surface area (Å²) in [6.07, 6.45) is 6.74. The van der Waals surface area contributed by atoms with Crippen LogP contribution in [0.5, 0.6) is 0 Å². The number of nitrogens with zero attached hydrogens (tertiary/aromatic N) is 2. The summed E-state index contributed by atoms with van der Waals surface area (Å²) in [4.78, 5) is 34.9. The minimum atomic E-state index is -0.339. The first-order chi connectivity index (χ1) is 12.2. The molecule has 0 aromatic carbocycles. The summed E-state index contributed by atoms with van der Waals surface area (Å²) >= 11 is 0. The van der Waals surface area contributed by atoms with Gasteiger partial charge in [0.05, 0.1) is 24.4 Å². The van der Waals surface area contributed by atoms with Gasteiger partial charge in [-0.25, -0.2) is 4.98 Å². The highest BCUT2D eigenvalue weighted by Gasteiger charge is 2.39. The minimum absolute atomic E-state index is 0.170. The summed E-state index contributed by atoms with van der Waals surface area (Å²) in [5.74, 6) is 0.391. The summed E-state index contributed by atoms with van der Waals surface area (Å²) in [6, 6.07) is 0. The number of carbonyl (C=O) groups is 1. The predicted molar refractivity (Wildman–Crippen MR) is 101 cm³/mol. The lowest BCUT2D eigenvalue weighted by Gasteiger charge is -2.42. The van der Waals surface area contributed by atoms with E-state index in [1.807, 2.05) is 20.8 Å². The molecule has 3 rings (SSSR count). The standard InChI is InChI=1S/C20H31N3O3/c1-14-15(16(24)22-18(21-14)19(2,3)4)17(25)23-11-12-26-20(13-23)9-7-5-6-8-10-20/h5-13H2,1-4H3,(H,21,22,24). The first-order valence-electron chi connectivity index (χ1n) is 9.76. The van der Waals surface area contributed by atoms with Crippen LogP contribution in [0.1, 0.15) is 81.2 Å².